The maximum atomic E-state index is 12.6. The van der Waals surface area contributed by atoms with E-state index < -0.39 is 0 Å². The van der Waals surface area contributed by atoms with Gasteiger partial charge in [0, 0.05) is 77.5 Å². The smallest absolute Gasteiger partial charge is 0.224 e. The second-order valence-corrected chi connectivity index (χ2v) is 7.64. The number of hydrogen-bond acceptors (Lipinski definition) is 5. The molecule has 3 heterocycles. The number of nitrogens with zero attached hydrogens (tertiary/aromatic N) is 5. The van der Waals surface area contributed by atoms with Gasteiger partial charge in [0.1, 0.15) is 0 Å². The molecule has 0 bridgehead atoms. The third-order valence-corrected chi connectivity index (χ3v) is 5.57. The van der Waals surface area contributed by atoms with E-state index in [1.807, 2.05) is 28.9 Å². The minimum absolute atomic E-state index is 0.167. The van der Waals surface area contributed by atoms with Gasteiger partial charge >= 0.3 is 0 Å². The van der Waals surface area contributed by atoms with Gasteiger partial charge in [-0.2, -0.15) is 5.10 Å². The van der Waals surface area contributed by atoms with E-state index in [0.717, 1.165) is 44.8 Å². The van der Waals surface area contributed by atoms with Crippen LogP contribution in [0.2, 0.25) is 0 Å². The Morgan fingerprint density at radius 1 is 1.24 bits per heavy atom. The van der Waals surface area contributed by atoms with Gasteiger partial charge in [-0.05, 0) is 25.5 Å². The van der Waals surface area contributed by atoms with Crippen LogP contribution < -0.4 is 0 Å². The molecule has 0 unspecified atom stereocenters. The summed E-state index contributed by atoms with van der Waals surface area (Å²) in [7, 11) is 2.16. The highest BCUT2D eigenvalue weighted by atomic mass is 16.3. The van der Waals surface area contributed by atoms with E-state index in [4.69, 9.17) is 0 Å². The molecule has 2 saturated heterocycles. The SMILES string of the molecule is Cc1cnn(CCC(=O)N2C[C@@H](CN3CCN(C)CC3)[C@@H](CO)C2)c1. The molecule has 0 radical (unpaired) electrons. The number of hydrogen-bond donors (Lipinski definition) is 1. The Kier molecular flexibility index (Phi) is 6.09. The van der Waals surface area contributed by atoms with Gasteiger partial charge in [0.15, 0.2) is 0 Å². The second-order valence-electron chi connectivity index (χ2n) is 7.64. The van der Waals surface area contributed by atoms with Crippen molar-refractivity contribution in [2.45, 2.75) is 19.9 Å². The van der Waals surface area contributed by atoms with Gasteiger partial charge in [0.25, 0.3) is 0 Å². The molecule has 2 atom stereocenters. The number of aromatic nitrogens is 2. The quantitative estimate of drug-likeness (QED) is 0.777. The maximum absolute atomic E-state index is 12.6. The molecule has 3 rings (SSSR count). The lowest BCUT2D eigenvalue weighted by molar-refractivity contribution is -0.130. The monoisotopic (exact) mass is 349 g/mol. The van der Waals surface area contributed by atoms with E-state index in [9.17, 15) is 9.90 Å². The topological polar surface area (TPSA) is 64.8 Å². The maximum Gasteiger partial charge on any atom is 0.224 e. The van der Waals surface area contributed by atoms with Crippen LogP contribution in [-0.4, -0.2) is 95.0 Å². The summed E-state index contributed by atoms with van der Waals surface area (Å²) in [4.78, 5) is 19.3. The first-order valence-corrected chi connectivity index (χ1v) is 9.33. The van der Waals surface area contributed by atoms with Crippen molar-refractivity contribution < 1.29 is 9.90 Å². The van der Waals surface area contributed by atoms with Gasteiger partial charge < -0.3 is 19.8 Å². The van der Waals surface area contributed by atoms with E-state index in [1.165, 1.54) is 0 Å². The highest BCUT2D eigenvalue weighted by molar-refractivity contribution is 5.76. The molecule has 1 aromatic rings. The first-order chi connectivity index (χ1) is 12.0. The number of amides is 1. The molecule has 2 aliphatic rings. The van der Waals surface area contributed by atoms with Crippen LogP contribution in [0.3, 0.4) is 0 Å². The molecule has 140 valence electrons. The molecule has 0 aromatic carbocycles. The fourth-order valence-corrected chi connectivity index (χ4v) is 3.88. The Morgan fingerprint density at radius 3 is 2.60 bits per heavy atom. The normalized spacial score (nSPS) is 25.6. The molecule has 1 aromatic heterocycles. The number of rotatable bonds is 6. The first-order valence-electron chi connectivity index (χ1n) is 9.33. The molecule has 7 nitrogen and oxygen atoms in total. The number of aliphatic hydroxyl groups is 1. The second kappa shape index (κ2) is 8.29. The standard InChI is InChI=1S/C18H31N5O2/c1-15-9-19-23(10-15)4-3-18(25)22-12-16(17(13-22)14-24)11-21-7-5-20(2)6-8-21/h9-10,16-17,24H,3-8,11-14H2,1-2H3/t16-,17-/m1/s1. The Bertz CT molecular complexity index is 568. The van der Waals surface area contributed by atoms with E-state index in [-0.39, 0.29) is 18.4 Å². The number of aryl methyl sites for hydroxylation is 2. The Hall–Kier alpha value is -1.44. The van der Waals surface area contributed by atoms with E-state index in [0.29, 0.717) is 25.4 Å². The average Bonchev–Trinajstić information content (AvgIpc) is 3.21. The number of likely N-dealkylation sites (tertiary alicyclic amines) is 1. The predicted octanol–water partition coefficient (Wildman–Crippen LogP) is -0.104. The van der Waals surface area contributed by atoms with E-state index in [1.54, 1.807) is 0 Å². The zero-order valence-corrected chi connectivity index (χ0v) is 15.5. The number of likely N-dealkylation sites (N-methyl/N-ethyl adjacent to an activating group) is 1. The minimum atomic E-state index is 0.167. The zero-order chi connectivity index (χ0) is 17.8. The number of carbonyl (C=O) groups is 1. The van der Waals surface area contributed by atoms with Crippen molar-refractivity contribution in [1.29, 1.82) is 0 Å². The molecule has 0 aliphatic carbocycles. The lowest BCUT2D eigenvalue weighted by Gasteiger charge is -2.34. The molecular weight excluding hydrogens is 318 g/mol. The summed E-state index contributed by atoms with van der Waals surface area (Å²) in [6, 6.07) is 0. The molecular formula is C18H31N5O2. The summed E-state index contributed by atoms with van der Waals surface area (Å²) in [6.07, 6.45) is 4.25. The van der Waals surface area contributed by atoms with Crippen LogP contribution in [0.25, 0.3) is 0 Å². The largest absolute Gasteiger partial charge is 0.396 e. The van der Waals surface area contributed by atoms with E-state index >= 15 is 0 Å². The Morgan fingerprint density at radius 2 is 1.96 bits per heavy atom. The molecule has 25 heavy (non-hydrogen) atoms. The first kappa shape index (κ1) is 18.4. The van der Waals surface area contributed by atoms with Crippen LogP contribution >= 0.6 is 0 Å². The molecule has 0 spiro atoms. The summed E-state index contributed by atoms with van der Waals surface area (Å²) in [5.41, 5.74) is 1.11. The molecule has 1 N–H and O–H groups in total. The fourth-order valence-electron chi connectivity index (χ4n) is 3.88. The third-order valence-electron chi connectivity index (χ3n) is 5.57. The van der Waals surface area contributed by atoms with Crippen molar-refractivity contribution in [2.75, 3.05) is 59.5 Å². The highest BCUT2D eigenvalue weighted by Crippen LogP contribution is 2.25. The number of aliphatic hydroxyl groups excluding tert-OH is 1. The summed E-state index contributed by atoms with van der Waals surface area (Å²) < 4.78 is 1.83. The molecule has 1 amide bonds. The van der Waals surface area contributed by atoms with Crippen molar-refractivity contribution in [2.24, 2.45) is 11.8 Å². The van der Waals surface area contributed by atoms with Gasteiger partial charge in [0.2, 0.25) is 5.91 Å². The van der Waals surface area contributed by atoms with Crippen molar-refractivity contribution in [3.8, 4) is 0 Å². The average molecular weight is 349 g/mol. The fraction of sp³-hybridized carbons (Fsp3) is 0.778. The summed E-state index contributed by atoms with van der Waals surface area (Å²) in [6.45, 7) is 9.60. The van der Waals surface area contributed by atoms with Crippen LogP contribution in [0, 0.1) is 18.8 Å². The Labute approximate surface area is 150 Å². The molecule has 7 heteroatoms. The van der Waals surface area contributed by atoms with E-state index in [2.05, 4.69) is 21.9 Å². The zero-order valence-electron chi connectivity index (χ0n) is 15.5. The third kappa shape index (κ3) is 4.80. The van der Waals surface area contributed by atoms with Crippen LogP contribution in [0.1, 0.15) is 12.0 Å². The van der Waals surface area contributed by atoms with Crippen molar-refractivity contribution in [1.82, 2.24) is 24.5 Å². The molecule has 2 aliphatic heterocycles. The van der Waals surface area contributed by atoms with Crippen LogP contribution in [0.4, 0.5) is 0 Å². The Balaban J connectivity index is 1.49. The minimum Gasteiger partial charge on any atom is -0.396 e. The highest BCUT2D eigenvalue weighted by Gasteiger charge is 2.35. The summed E-state index contributed by atoms with van der Waals surface area (Å²) in [5, 5.41) is 14.0. The van der Waals surface area contributed by atoms with Gasteiger partial charge in [0.05, 0.1) is 6.20 Å². The summed E-state index contributed by atoms with van der Waals surface area (Å²) in [5.74, 6) is 0.757. The lowest BCUT2D eigenvalue weighted by atomic mass is 9.96. The van der Waals surface area contributed by atoms with Crippen molar-refractivity contribution in [3.63, 3.8) is 0 Å². The lowest BCUT2D eigenvalue weighted by Crippen LogP contribution is -2.47. The van der Waals surface area contributed by atoms with Crippen molar-refractivity contribution in [3.05, 3.63) is 18.0 Å². The van der Waals surface area contributed by atoms with Crippen LogP contribution in [0.5, 0.6) is 0 Å². The van der Waals surface area contributed by atoms with Gasteiger partial charge in [-0.25, -0.2) is 0 Å². The molecule has 2 fully saturated rings. The summed E-state index contributed by atoms with van der Waals surface area (Å²) >= 11 is 0. The predicted molar refractivity (Wildman–Crippen MR) is 96.2 cm³/mol. The van der Waals surface area contributed by atoms with Crippen LogP contribution in [0.15, 0.2) is 12.4 Å². The number of piperazine rings is 1. The van der Waals surface area contributed by atoms with Gasteiger partial charge in [-0.15, -0.1) is 0 Å². The van der Waals surface area contributed by atoms with Gasteiger partial charge in [-0.3, -0.25) is 9.48 Å². The molecule has 0 saturated carbocycles. The van der Waals surface area contributed by atoms with Crippen LogP contribution in [-0.2, 0) is 11.3 Å². The van der Waals surface area contributed by atoms with Crippen molar-refractivity contribution >= 4 is 5.91 Å². The van der Waals surface area contributed by atoms with Gasteiger partial charge in [-0.1, -0.05) is 0 Å². The number of carbonyl (C=O) groups excluding carboxylic acids is 1.